The standard InChI is InChI=1S/C19H14ClFN2O5S/c1-10-6-11(2-5-16(10)21)15-7-13(9-22-18(15)20)23(29(27)28)12-3-4-14(19(25)26)17(24)8-12/h2-9,24H,1H3,(H,25,26)(H,27,28). The van der Waals surface area contributed by atoms with Crippen molar-refractivity contribution in [3.63, 3.8) is 0 Å². The molecule has 10 heteroatoms. The fourth-order valence-corrected chi connectivity index (χ4v) is 3.51. The quantitative estimate of drug-likeness (QED) is 0.400. The molecule has 0 radical (unpaired) electrons. The van der Waals surface area contributed by atoms with Crippen LogP contribution in [0.25, 0.3) is 11.1 Å². The number of aryl methyl sites for hydroxylation is 1. The topological polar surface area (TPSA) is 111 Å². The zero-order chi connectivity index (χ0) is 21.3. The molecule has 0 saturated carbocycles. The van der Waals surface area contributed by atoms with E-state index >= 15 is 0 Å². The molecule has 0 bridgehead atoms. The average Bonchev–Trinajstić information content (AvgIpc) is 2.65. The summed E-state index contributed by atoms with van der Waals surface area (Å²) in [6.07, 6.45) is 1.25. The summed E-state index contributed by atoms with van der Waals surface area (Å²) in [5.74, 6) is -2.30. The molecule has 3 aromatic rings. The van der Waals surface area contributed by atoms with Crippen LogP contribution in [-0.2, 0) is 11.3 Å². The minimum Gasteiger partial charge on any atom is -0.507 e. The van der Waals surface area contributed by atoms with Crippen LogP contribution in [0.2, 0.25) is 5.15 Å². The number of pyridine rings is 1. The van der Waals surface area contributed by atoms with Gasteiger partial charge >= 0.3 is 5.97 Å². The fourth-order valence-electron chi connectivity index (χ4n) is 2.72. The van der Waals surface area contributed by atoms with Crippen LogP contribution in [0.3, 0.4) is 0 Å². The highest BCUT2D eigenvalue weighted by Crippen LogP contribution is 2.35. The minimum absolute atomic E-state index is 0.0543. The van der Waals surface area contributed by atoms with Crippen molar-refractivity contribution in [2.45, 2.75) is 6.92 Å². The second kappa shape index (κ2) is 8.16. The molecule has 1 aromatic heterocycles. The normalized spacial score (nSPS) is 11.9. The molecule has 0 saturated heterocycles. The number of carboxylic acids is 1. The monoisotopic (exact) mass is 436 g/mol. The SMILES string of the molecule is Cc1cc(-c2cc(N(c3ccc(C(=O)O)c(O)c3)S(=O)O)cnc2Cl)ccc1F. The van der Waals surface area contributed by atoms with Crippen molar-refractivity contribution in [1.29, 1.82) is 0 Å². The summed E-state index contributed by atoms with van der Waals surface area (Å²) in [6.45, 7) is 1.59. The Hall–Kier alpha value is -3.01. The van der Waals surface area contributed by atoms with Crippen LogP contribution in [0.15, 0.2) is 48.7 Å². The van der Waals surface area contributed by atoms with Gasteiger partial charge < -0.3 is 10.2 Å². The third-order valence-electron chi connectivity index (χ3n) is 4.13. The van der Waals surface area contributed by atoms with Crippen LogP contribution in [0.5, 0.6) is 5.75 Å². The first kappa shape index (κ1) is 20.7. The van der Waals surface area contributed by atoms with Gasteiger partial charge in [0, 0.05) is 11.6 Å². The summed E-state index contributed by atoms with van der Waals surface area (Å²) in [5, 5.41) is 19.0. The van der Waals surface area contributed by atoms with Crippen molar-refractivity contribution < 1.29 is 28.2 Å². The highest BCUT2D eigenvalue weighted by Gasteiger charge is 2.20. The number of aromatic nitrogens is 1. The number of aromatic hydroxyl groups is 1. The average molecular weight is 437 g/mol. The molecular weight excluding hydrogens is 423 g/mol. The number of aromatic carboxylic acids is 1. The highest BCUT2D eigenvalue weighted by molar-refractivity contribution is 7.81. The summed E-state index contributed by atoms with van der Waals surface area (Å²) in [5.41, 5.74) is 1.19. The van der Waals surface area contributed by atoms with E-state index in [4.69, 9.17) is 16.7 Å². The van der Waals surface area contributed by atoms with Crippen LogP contribution in [0.4, 0.5) is 15.8 Å². The van der Waals surface area contributed by atoms with E-state index in [1.165, 1.54) is 30.5 Å². The van der Waals surface area contributed by atoms with Crippen molar-refractivity contribution in [2.24, 2.45) is 0 Å². The zero-order valence-corrected chi connectivity index (χ0v) is 16.4. The van der Waals surface area contributed by atoms with Gasteiger partial charge in [-0.3, -0.25) is 4.55 Å². The molecule has 3 N–H and O–H groups in total. The number of rotatable bonds is 5. The maximum Gasteiger partial charge on any atom is 0.339 e. The molecule has 0 fully saturated rings. The summed E-state index contributed by atoms with van der Waals surface area (Å²) in [6, 6.07) is 9.26. The third-order valence-corrected chi connectivity index (χ3v) is 5.17. The Morgan fingerprint density at radius 3 is 2.48 bits per heavy atom. The second-order valence-electron chi connectivity index (χ2n) is 6.03. The molecule has 2 aromatic carbocycles. The van der Waals surface area contributed by atoms with Crippen LogP contribution in [-0.4, -0.2) is 29.9 Å². The summed E-state index contributed by atoms with van der Waals surface area (Å²) >= 11 is 3.59. The largest absolute Gasteiger partial charge is 0.507 e. The predicted octanol–water partition coefficient (Wildman–Crippen LogP) is 4.53. The molecule has 29 heavy (non-hydrogen) atoms. The van der Waals surface area contributed by atoms with Crippen LogP contribution in [0.1, 0.15) is 15.9 Å². The maximum absolute atomic E-state index is 13.6. The number of benzene rings is 2. The van der Waals surface area contributed by atoms with Crippen LogP contribution < -0.4 is 4.31 Å². The fraction of sp³-hybridized carbons (Fsp3) is 0.0526. The zero-order valence-electron chi connectivity index (χ0n) is 14.8. The van der Waals surface area contributed by atoms with Gasteiger partial charge in [0.2, 0.25) is 0 Å². The Morgan fingerprint density at radius 2 is 1.90 bits per heavy atom. The van der Waals surface area contributed by atoms with E-state index in [2.05, 4.69) is 4.98 Å². The van der Waals surface area contributed by atoms with Gasteiger partial charge in [-0.15, -0.1) is 0 Å². The van der Waals surface area contributed by atoms with Crippen molar-refractivity contribution in [2.75, 3.05) is 4.31 Å². The van der Waals surface area contributed by atoms with Crippen molar-refractivity contribution >= 4 is 40.2 Å². The van der Waals surface area contributed by atoms with E-state index < -0.39 is 23.0 Å². The van der Waals surface area contributed by atoms with Gasteiger partial charge in [0.25, 0.3) is 11.3 Å². The Balaban J connectivity index is 2.11. The third kappa shape index (κ3) is 4.21. The second-order valence-corrected chi connectivity index (χ2v) is 7.21. The molecule has 150 valence electrons. The van der Waals surface area contributed by atoms with Gasteiger partial charge in [0.15, 0.2) is 0 Å². The number of halogens is 2. The van der Waals surface area contributed by atoms with E-state index in [1.807, 2.05) is 0 Å². The van der Waals surface area contributed by atoms with E-state index in [-0.39, 0.29) is 27.9 Å². The van der Waals surface area contributed by atoms with Gasteiger partial charge in [-0.25, -0.2) is 22.7 Å². The summed E-state index contributed by atoms with van der Waals surface area (Å²) in [4.78, 5) is 15.1. The lowest BCUT2D eigenvalue weighted by molar-refractivity contribution is 0.0693. The lowest BCUT2D eigenvalue weighted by Crippen LogP contribution is -2.19. The van der Waals surface area contributed by atoms with Gasteiger partial charge in [-0.2, -0.15) is 0 Å². The van der Waals surface area contributed by atoms with Gasteiger partial charge in [-0.05, 0) is 48.4 Å². The van der Waals surface area contributed by atoms with E-state index in [0.717, 1.165) is 16.4 Å². The molecule has 1 atom stereocenters. The lowest BCUT2D eigenvalue weighted by Gasteiger charge is -2.21. The molecule has 1 unspecified atom stereocenters. The molecule has 0 aliphatic rings. The highest BCUT2D eigenvalue weighted by atomic mass is 35.5. The summed E-state index contributed by atoms with van der Waals surface area (Å²) in [7, 11) is 0. The Kier molecular flexibility index (Phi) is 5.83. The Bertz CT molecular complexity index is 1140. The van der Waals surface area contributed by atoms with Crippen molar-refractivity contribution in [1.82, 2.24) is 4.98 Å². The van der Waals surface area contributed by atoms with Crippen molar-refractivity contribution in [3.05, 3.63) is 70.8 Å². The first-order valence-electron chi connectivity index (χ1n) is 8.08. The van der Waals surface area contributed by atoms with Crippen LogP contribution in [0, 0.1) is 12.7 Å². The van der Waals surface area contributed by atoms with E-state index in [0.29, 0.717) is 16.7 Å². The minimum atomic E-state index is -2.58. The Morgan fingerprint density at radius 1 is 1.17 bits per heavy atom. The first-order chi connectivity index (χ1) is 13.7. The molecule has 0 aliphatic heterocycles. The number of nitrogens with zero attached hydrogens (tertiary/aromatic N) is 2. The van der Waals surface area contributed by atoms with Crippen molar-refractivity contribution in [3.8, 4) is 16.9 Å². The van der Waals surface area contributed by atoms with Crippen LogP contribution >= 0.6 is 11.6 Å². The van der Waals surface area contributed by atoms with Gasteiger partial charge in [0.05, 0.1) is 17.6 Å². The molecule has 1 heterocycles. The molecule has 0 amide bonds. The molecule has 3 rings (SSSR count). The molecular formula is C19H14ClFN2O5S. The first-order valence-corrected chi connectivity index (χ1v) is 9.52. The number of carboxylic acid groups (broad SMARTS) is 1. The smallest absolute Gasteiger partial charge is 0.339 e. The number of carbonyl (C=O) groups is 1. The summed E-state index contributed by atoms with van der Waals surface area (Å²) < 4.78 is 36.3. The van der Waals surface area contributed by atoms with E-state index in [9.17, 15) is 23.1 Å². The predicted molar refractivity (Wildman–Crippen MR) is 107 cm³/mol. The number of anilines is 2. The molecule has 0 aliphatic carbocycles. The Labute approximate surface area is 172 Å². The number of hydrogen-bond acceptors (Lipinski definition) is 4. The molecule has 7 nitrogen and oxygen atoms in total. The number of phenols is 1. The molecule has 0 spiro atoms. The van der Waals surface area contributed by atoms with Gasteiger partial charge in [-0.1, -0.05) is 17.7 Å². The number of hydrogen-bond donors (Lipinski definition) is 3. The lowest BCUT2D eigenvalue weighted by atomic mass is 10.0. The van der Waals surface area contributed by atoms with Gasteiger partial charge in [0.1, 0.15) is 22.3 Å². The maximum atomic E-state index is 13.6. The van der Waals surface area contributed by atoms with E-state index in [1.54, 1.807) is 13.0 Å².